The topological polar surface area (TPSA) is 127 Å². The highest BCUT2D eigenvalue weighted by Crippen LogP contribution is 2.25. The van der Waals surface area contributed by atoms with Crippen LogP contribution in [0.25, 0.3) is 0 Å². The molecule has 0 radical (unpaired) electrons. The van der Waals surface area contributed by atoms with Crippen LogP contribution in [0.5, 0.6) is 0 Å². The molecular formula is C18H30O8. The largest absolute Gasteiger partial charge is 0.481 e. The van der Waals surface area contributed by atoms with E-state index in [1.807, 2.05) is 0 Å². The molecule has 8 nitrogen and oxygen atoms in total. The van der Waals surface area contributed by atoms with Crippen molar-refractivity contribution in [3.8, 4) is 0 Å². The van der Waals surface area contributed by atoms with Crippen molar-refractivity contribution in [1.29, 1.82) is 0 Å². The van der Waals surface area contributed by atoms with Crippen molar-refractivity contribution in [1.82, 2.24) is 0 Å². The molecule has 0 aromatic rings. The van der Waals surface area contributed by atoms with E-state index >= 15 is 0 Å². The summed E-state index contributed by atoms with van der Waals surface area (Å²) in [6.07, 6.45) is 2.93. The first-order valence-corrected chi connectivity index (χ1v) is 8.98. The predicted octanol–water partition coefficient (Wildman–Crippen LogP) is 2.78. The van der Waals surface area contributed by atoms with Gasteiger partial charge in [-0.1, -0.05) is 39.0 Å². The van der Waals surface area contributed by atoms with Crippen molar-refractivity contribution in [3.05, 3.63) is 0 Å². The number of carboxylic acid groups (broad SMARTS) is 2. The van der Waals surface area contributed by atoms with Crippen molar-refractivity contribution in [3.63, 3.8) is 0 Å². The molecule has 0 aliphatic heterocycles. The molecule has 8 heteroatoms. The maximum atomic E-state index is 11.5. The van der Waals surface area contributed by atoms with Crippen LogP contribution in [0.3, 0.4) is 0 Å². The van der Waals surface area contributed by atoms with E-state index in [2.05, 4.69) is 6.92 Å². The van der Waals surface area contributed by atoms with Crippen LogP contribution in [-0.4, -0.2) is 46.3 Å². The van der Waals surface area contributed by atoms with E-state index in [9.17, 15) is 24.3 Å². The third kappa shape index (κ3) is 10.7. The van der Waals surface area contributed by atoms with Gasteiger partial charge in [0, 0.05) is 13.8 Å². The molecule has 0 aromatic heterocycles. The van der Waals surface area contributed by atoms with Crippen LogP contribution in [-0.2, 0) is 28.7 Å². The minimum Gasteiger partial charge on any atom is -0.481 e. The summed E-state index contributed by atoms with van der Waals surface area (Å²) in [6.45, 7) is 4.32. The smallest absolute Gasteiger partial charge is 0.345 e. The van der Waals surface area contributed by atoms with E-state index in [0.29, 0.717) is 12.8 Å². The van der Waals surface area contributed by atoms with Gasteiger partial charge in [0.2, 0.25) is 6.10 Å². The number of ether oxygens (including phenoxy) is 2. The summed E-state index contributed by atoms with van der Waals surface area (Å²) in [7, 11) is 0. The SMILES string of the molecule is CCCCCCCC[C@H](OC(C)=O)[C@@H](CC(=O)O)[C@@H](OC(C)=O)C(=O)O. The van der Waals surface area contributed by atoms with E-state index in [1.165, 1.54) is 6.92 Å². The second-order valence-corrected chi connectivity index (χ2v) is 6.33. The molecule has 0 aliphatic carbocycles. The monoisotopic (exact) mass is 374 g/mol. The van der Waals surface area contributed by atoms with Gasteiger partial charge >= 0.3 is 23.9 Å². The number of carbonyl (C=O) groups is 4. The van der Waals surface area contributed by atoms with Gasteiger partial charge in [-0.15, -0.1) is 0 Å². The van der Waals surface area contributed by atoms with Crippen LogP contribution < -0.4 is 0 Å². The number of carbonyl (C=O) groups excluding carboxylic acids is 2. The van der Waals surface area contributed by atoms with E-state index < -0.39 is 48.4 Å². The zero-order valence-corrected chi connectivity index (χ0v) is 15.7. The fraction of sp³-hybridized carbons (Fsp3) is 0.778. The van der Waals surface area contributed by atoms with Gasteiger partial charge < -0.3 is 19.7 Å². The maximum Gasteiger partial charge on any atom is 0.345 e. The van der Waals surface area contributed by atoms with Crippen molar-refractivity contribution in [2.45, 2.75) is 84.3 Å². The molecule has 0 bridgehead atoms. The lowest BCUT2D eigenvalue weighted by molar-refractivity contribution is -0.176. The molecule has 0 unspecified atom stereocenters. The molecule has 26 heavy (non-hydrogen) atoms. The zero-order valence-electron chi connectivity index (χ0n) is 15.7. The fourth-order valence-electron chi connectivity index (χ4n) is 2.83. The second-order valence-electron chi connectivity index (χ2n) is 6.33. The molecule has 0 heterocycles. The Balaban J connectivity index is 5.18. The minimum atomic E-state index is -1.69. The summed E-state index contributed by atoms with van der Waals surface area (Å²) >= 11 is 0. The highest BCUT2D eigenvalue weighted by Gasteiger charge is 2.39. The molecule has 0 spiro atoms. The van der Waals surface area contributed by atoms with E-state index in [-0.39, 0.29) is 0 Å². The van der Waals surface area contributed by atoms with E-state index in [4.69, 9.17) is 14.6 Å². The summed E-state index contributed by atoms with van der Waals surface area (Å²) < 4.78 is 10.0. The molecule has 150 valence electrons. The molecular weight excluding hydrogens is 344 g/mol. The number of esters is 2. The Morgan fingerprint density at radius 2 is 1.38 bits per heavy atom. The lowest BCUT2D eigenvalue weighted by atomic mass is 9.88. The summed E-state index contributed by atoms with van der Waals surface area (Å²) in [5.74, 6) is -5.36. The Labute approximate surface area is 153 Å². The number of hydrogen-bond donors (Lipinski definition) is 2. The normalized spacial score (nSPS) is 14.1. The standard InChI is InChI=1S/C18H30O8/c1-4-5-6-7-8-9-10-15(25-12(2)19)14(11-16(21)22)17(18(23)24)26-13(3)20/h14-15,17H,4-11H2,1-3H3,(H,21,22)(H,23,24)/t14-,15+,17-/m1/s1. The molecule has 0 saturated heterocycles. The van der Waals surface area contributed by atoms with Gasteiger partial charge in [-0.05, 0) is 12.8 Å². The number of aliphatic carboxylic acids is 2. The van der Waals surface area contributed by atoms with Crippen LogP contribution in [0, 0.1) is 5.92 Å². The van der Waals surface area contributed by atoms with Gasteiger partial charge in [-0.25, -0.2) is 4.79 Å². The minimum absolute atomic E-state index is 0.314. The van der Waals surface area contributed by atoms with Gasteiger partial charge in [0.05, 0.1) is 12.3 Å². The van der Waals surface area contributed by atoms with Crippen molar-refractivity contribution < 1.29 is 38.9 Å². The Kier molecular flexibility index (Phi) is 12.1. The van der Waals surface area contributed by atoms with Gasteiger partial charge in [0.1, 0.15) is 6.10 Å². The molecule has 0 amide bonds. The average Bonchev–Trinajstić information content (AvgIpc) is 2.51. The zero-order chi connectivity index (χ0) is 20.1. The van der Waals surface area contributed by atoms with Crippen LogP contribution in [0.4, 0.5) is 0 Å². The Hall–Kier alpha value is -2.12. The van der Waals surface area contributed by atoms with Crippen LogP contribution in [0.2, 0.25) is 0 Å². The summed E-state index contributed by atoms with van der Waals surface area (Å²) in [5, 5.41) is 18.5. The second kappa shape index (κ2) is 13.1. The van der Waals surface area contributed by atoms with Crippen LogP contribution >= 0.6 is 0 Å². The molecule has 0 rings (SSSR count). The van der Waals surface area contributed by atoms with E-state index in [0.717, 1.165) is 39.0 Å². The first kappa shape index (κ1) is 23.9. The third-order valence-corrected chi connectivity index (χ3v) is 3.97. The van der Waals surface area contributed by atoms with Crippen LogP contribution in [0.1, 0.15) is 72.1 Å². The highest BCUT2D eigenvalue weighted by molar-refractivity contribution is 5.78. The first-order chi connectivity index (χ1) is 12.2. The number of hydrogen-bond acceptors (Lipinski definition) is 6. The lowest BCUT2D eigenvalue weighted by Crippen LogP contribution is -2.43. The highest BCUT2D eigenvalue weighted by atomic mass is 16.6. The summed E-state index contributed by atoms with van der Waals surface area (Å²) in [6, 6.07) is 0. The Morgan fingerprint density at radius 1 is 0.846 bits per heavy atom. The van der Waals surface area contributed by atoms with Crippen molar-refractivity contribution >= 4 is 23.9 Å². The molecule has 0 aromatic carbocycles. The quantitative estimate of drug-likeness (QED) is 0.351. The number of rotatable bonds is 14. The van der Waals surface area contributed by atoms with Crippen LogP contribution in [0.15, 0.2) is 0 Å². The average molecular weight is 374 g/mol. The van der Waals surface area contributed by atoms with Gasteiger partial charge in [-0.2, -0.15) is 0 Å². The predicted molar refractivity (Wildman–Crippen MR) is 92.5 cm³/mol. The van der Waals surface area contributed by atoms with Gasteiger partial charge in [0.15, 0.2) is 0 Å². The molecule has 0 aliphatic rings. The summed E-state index contributed by atoms with van der Waals surface area (Å²) in [5.41, 5.74) is 0. The number of carboxylic acids is 2. The Bertz CT molecular complexity index is 474. The molecule has 0 fully saturated rings. The van der Waals surface area contributed by atoms with Gasteiger partial charge in [-0.3, -0.25) is 14.4 Å². The maximum absolute atomic E-state index is 11.5. The fourth-order valence-corrected chi connectivity index (χ4v) is 2.83. The van der Waals surface area contributed by atoms with Crippen molar-refractivity contribution in [2.75, 3.05) is 0 Å². The number of unbranched alkanes of at least 4 members (excludes halogenated alkanes) is 5. The lowest BCUT2D eigenvalue weighted by Gasteiger charge is -2.29. The summed E-state index contributed by atoms with van der Waals surface area (Å²) in [4.78, 5) is 45.3. The molecule has 2 N–H and O–H groups in total. The first-order valence-electron chi connectivity index (χ1n) is 8.98. The Morgan fingerprint density at radius 3 is 1.85 bits per heavy atom. The molecule has 0 saturated carbocycles. The van der Waals surface area contributed by atoms with Crippen molar-refractivity contribution in [2.24, 2.45) is 5.92 Å². The van der Waals surface area contributed by atoms with E-state index in [1.54, 1.807) is 0 Å². The molecule has 3 atom stereocenters. The van der Waals surface area contributed by atoms with Gasteiger partial charge in [0.25, 0.3) is 0 Å². The third-order valence-electron chi connectivity index (χ3n) is 3.97.